The summed E-state index contributed by atoms with van der Waals surface area (Å²) in [5.74, 6) is -1.49. The zero-order valence-corrected chi connectivity index (χ0v) is 20.7. The summed E-state index contributed by atoms with van der Waals surface area (Å²) in [5, 5.41) is 14.7. The number of fused-ring (bicyclic) bond motifs is 3. The van der Waals surface area contributed by atoms with Gasteiger partial charge in [-0.3, -0.25) is 9.59 Å². The van der Waals surface area contributed by atoms with Crippen LogP contribution in [0.4, 0.5) is 4.79 Å². The largest absolute Gasteiger partial charge is 0.481 e. The molecular weight excluding hydrogens is 464 g/mol. The molecule has 1 fully saturated rings. The molecule has 0 radical (unpaired) electrons. The van der Waals surface area contributed by atoms with Gasteiger partial charge >= 0.3 is 12.1 Å². The van der Waals surface area contributed by atoms with E-state index in [0.29, 0.717) is 6.54 Å². The Morgan fingerprint density at radius 3 is 2.23 bits per heavy atom. The number of thioether (sulfide) groups is 1. The summed E-state index contributed by atoms with van der Waals surface area (Å²) < 4.78 is 5.58. The van der Waals surface area contributed by atoms with Gasteiger partial charge in [0.1, 0.15) is 12.6 Å². The van der Waals surface area contributed by atoms with Gasteiger partial charge in [0.15, 0.2) is 0 Å². The molecular formula is C27H32N2O5S. The number of rotatable bonds is 10. The first-order chi connectivity index (χ1) is 16.9. The summed E-state index contributed by atoms with van der Waals surface area (Å²) in [7, 11) is 0. The minimum absolute atomic E-state index is 0.00235. The number of aliphatic carboxylic acids is 1. The Balaban J connectivity index is 1.38. The Morgan fingerprint density at radius 1 is 1.06 bits per heavy atom. The minimum atomic E-state index is -1.02. The highest BCUT2D eigenvalue weighted by molar-refractivity contribution is 8.00. The van der Waals surface area contributed by atoms with Gasteiger partial charge in [0, 0.05) is 23.6 Å². The van der Waals surface area contributed by atoms with E-state index < -0.39 is 18.1 Å². The highest BCUT2D eigenvalue weighted by atomic mass is 32.2. The normalized spacial score (nSPS) is 16.7. The molecule has 35 heavy (non-hydrogen) atoms. The zero-order chi connectivity index (χ0) is 24.8. The maximum absolute atomic E-state index is 12.9. The Morgan fingerprint density at radius 2 is 1.66 bits per heavy atom. The smallest absolute Gasteiger partial charge is 0.407 e. The number of benzene rings is 2. The van der Waals surface area contributed by atoms with Gasteiger partial charge in [-0.25, -0.2) is 4.79 Å². The number of alkyl carbamates (subject to hydrolysis) is 1. The van der Waals surface area contributed by atoms with E-state index in [9.17, 15) is 14.4 Å². The first kappa shape index (κ1) is 25.1. The van der Waals surface area contributed by atoms with E-state index >= 15 is 0 Å². The van der Waals surface area contributed by atoms with E-state index in [1.54, 1.807) is 11.8 Å². The first-order valence-electron chi connectivity index (χ1n) is 12.1. The number of carbonyl (C=O) groups is 3. The van der Waals surface area contributed by atoms with Crippen molar-refractivity contribution in [1.29, 1.82) is 0 Å². The summed E-state index contributed by atoms with van der Waals surface area (Å²) in [6.07, 6.45) is 5.44. The van der Waals surface area contributed by atoms with Crippen LogP contribution in [0.25, 0.3) is 11.1 Å². The van der Waals surface area contributed by atoms with Crippen LogP contribution in [0.5, 0.6) is 0 Å². The average Bonchev–Trinajstić information content (AvgIpc) is 3.47. The van der Waals surface area contributed by atoms with Crippen LogP contribution in [0.15, 0.2) is 48.5 Å². The van der Waals surface area contributed by atoms with Gasteiger partial charge in [-0.1, -0.05) is 61.4 Å². The van der Waals surface area contributed by atoms with Crippen molar-refractivity contribution in [2.24, 2.45) is 0 Å². The van der Waals surface area contributed by atoms with E-state index in [2.05, 4.69) is 22.8 Å². The lowest BCUT2D eigenvalue weighted by molar-refractivity contribution is -0.137. The summed E-state index contributed by atoms with van der Waals surface area (Å²) in [6.45, 7) is 0.631. The quantitative estimate of drug-likeness (QED) is 0.446. The van der Waals surface area contributed by atoms with Gasteiger partial charge in [0.2, 0.25) is 5.91 Å². The SMILES string of the molecule is CSC1(CNC(=O)C(CCC(=O)O)NC(=O)OCC2c3ccccc3-c3ccccc32)CCCC1. The van der Waals surface area contributed by atoms with Crippen molar-refractivity contribution in [2.45, 2.75) is 55.2 Å². The number of carbonyl (C=O) groups excluding carboxylic acids is 2. The van der Waals surface area contributed by atoms with Crippen LogP contribution >= 0.6 is 11.8 Å². The number of amides is 2. The van der Waals surface area contributed by atoms with Crippen molar-refractivity contribution in [2.75, 3.05) is 19.4 Å². The number of hydrogen-bond donors (Lipinski definition) is 3. The molecule has 2 aromatic rings. The predicted octanol–water partition coefficient (Wildman–Crippen LogP) is 4.55. The van der Waals surface area contributed by atoms with Crippen LogP contribution in [0.1, 0.15) is 55.6 Å². The fraction of sp³-hybridized carbons (Fsp3) is 0.444. The minimum Gasteiger partial charge on any atom is -0.481 e. The molecule has 2 amide bonds. The van der Waals surface area contributed by atoms with Gasteiger partial charge in [-0.15, -0.1) is 0 Å². The maximum atomic E-state index is 12.9. The Bertz CT molecular complexity index is 1040. The molecule has 0 heterocycles. The van der Waals surface area contributed by atoms with Crippen molar-refractivity contribution < 1.29 is 24.2 Å². The monoisotopic (exact) mass is 496 g/mol. The topological polar surface area (TPSA) is 105 Å². The third kappa shape index (κ3) is 5.81. The van der Waals surface area contributed by atoms with Crippen molar-refractivity contribution in [3.8, 4) is 11.1 Å². The van der Waals surface area contributed by atoms with Crippen molar-refractivity contribution in [1.82, 2.24) is 10.6 Å². The molecule has 1 saturated carbocycles. The van der Waals surface area contributed by atoms with Crippen LogP contribution in [-0.2, 0) is 14.3 Å². The zero-order valence-electron chi connectivity index (χ0n) is 19.9. The summed E-state index contributed by atoms with van der Waals surface area (Å²) in [6, 6.07) is 15.1. The Hall–Kier alpha value is -3.00. The standard InChI is InChI=1S/C27H32N2O5S/c1-35-27(14-6-7-15-27)17-28-25(32)23(12-13-24(30)31)29-26(33)34-16-22-20-10-4-2-8-18(20)19-9-3-5-11-21(19)22/h2-5,8-11,22-23H,6-7,12-17H2,1H3,(H,28,32)(H,29,33)(H,30,31). The van der Waals surface area contributed by atoms with E-state index in [0.717, 1.165) is 47.9 Å². The molecule has 8 heteroatoms. The Labute approximate surface area is 210 Å². The molecule has 2 aliphatic carbocycles. The van der Waals surface area contributed by atoms with Crippen LogP contribution in [-0.4, -0.2) is 53.3 Å². The van der Waals surface area contributed by atoms with Gasteiger partial charge in [-0.2, -0.15) is 11.8 Å². The molecule has 0 aromatic heterocycles. The number of ether oxygens (including phenoxy) is 1. The van der Waals surface area contributed by atoms with Crippen molar-refractivity contribution in [3.63, 3.8) is 0 Å². The van der Waals surface area contributed by atoms with Gasteiger partial charge in [0.05, 0.1) is 0 Å². The third-order valence-electron chi connectivity index (χ3n) is 7.13. The number of carboxylic acids is 1. The second kappa shape index (κ2) is 11.2. The number of carboxylic acid groups (broad SMARTS) is 1. The fourth-order valence-corrected chi connectivity index (χ4v) is 6.08. The summed E-state index contributed by atoms with van der Waals surface area (Å²) >= 11 is 1.76. The summed E-state index contributed by atoms with van der Waals surface area (Å²) in [5.41, 5.74) is 4.46. The van der Waals surface area contributed by atoms with Gasteiger partial charge < -0.3 is 20.5 Å². The highest BCUT2D eigenvalue weighted by Crippen LogP contribution is 2.44. The molecule has 7 nitrogen and oxygen atoms in total. The molecule has 0 saturated heterocycles. The number of nitrogens with one attached hydrogen (secondary N) is 2. The number of hydrogen-bond acceptors (Lipinski definition) is 5. The van der Waals surface area contributed by atoms with Crippen LogP contribution in [0.2, 0.25) is 0 Å². The van der Waals surface area contributed by atoms with E-state index in [-0.39, 0.29) is 36.0 Å². The molecule has 2 aromatic carbocycles. The predicted molar refractivity (Wildman–Crippen MR) is 137 cm³/mol. The van der Waals surface area contributed by atoms with Crippen LogP contribution < -0.4 is 10.6 Å². The second-order valence-electron chi connectivity index (χ2n) is 9.27. The molecule has 1 atom stereocenters. The van der Waals surface area contributed by atoms with Crippen molar-refractivity contribution >= 4 is 29.7 Å². The van der Waals surface area contributed by atoms with Crippen molar-refractivity contribution in [3.05, 3.63) is 59.7 Å². The fourth-order valence-electron chi connectivity index (χ4n) is 5.16. The highest BCUT2D eigenvalue weighted by Gasteiger charge is 2.34. The second-order valence-corrected chi connectivity index (χ2v) is 10.5. The molecule has 3 N–H and O–H groups in total. The van der Waals surface area contributed by atoms with Gasteiger partial charge in [-0.05, 0) is 47.8 Å². The lowest BCUT2D eigenvalue weighted by Crippen LogP contribution is -2.50. The molecule has 2 aliphatic rings. The van der Waals surface area contributed by atoms with Crippen LogP contribution in [0.3, 0.4) is 0 Å². The molecule has 0 aliphatic heterocycles. The van der Waals surface area contributed by atoms with Crippen LogP contribution in [0, 0.1) is 0 Å². The first-order valence-corrected chi connectivity index (χ1v) is 13.3. The average molecular weight is 497 g/mol. The summed E-state index contributed by atoms with van der Waals surface area (Å²) in [4.78, 5) is 36.7. The lowest BCUT2D eigenvalue weighted by Gasteiger charge is -2.28. The molecule has 0 bridgehead atoms. The molecule has 1 unspecified atom stereocenters. The maximum Gasteiger partial charge on any atom is 0.407 e. The molecule has 0 spiro atoms. The molecule has 186 valence electrons. The third-order valence-corrected chi connectivity index (χ3v) is 8.55. The molecule has 4 rings (SSSR count). The van der Waals surface area contributed by atoms with E-state index in [1.165, 1.54) is 0 Å². The Kier molecular flexibility index (Phi) is 8.00. The van der Waals surface area contributed by atoms with Gasteiger partial charge in [0.25, 0.3) is 0 Å². The lowest BCUT2D eigenvalue weighted by atomic mass is 9.98. The van der Waals surface area contributed by atoms with E-state index in [4.69, 9.17) is 9.84 Å². The van der Waals surface area contributed by atoms with E-state index in [1.807, 2.05) is 42.7 Å².